The van der Waals surface area contributed by atoms with Crippen LogP contribution in [0.25, 0.3) is 0 Å². The number of aromatic nitrogens is 2. The van der Waals surface area contributed by atoms with Crippen LogP contribution in [0.5, 0.6) is 5.75 Å². The summed E-state index contributed by atoms with van der Waals surface area (Å²) in [6.45, 7) is 1.98. The average Bonchev–Trinajstić information content (AvgIpc) is 3.19. The Bertz CT molecular complexity index is 837. The van der Waals surface area contributed by atoms with Gasteiger partial charge in [0.05, 0.1) is 25.3 Å². The zero-order chi connectivity index (χ0) is 19.2. The average molecular weight is 406 g/mol. The lowest BCUT2D eigenvalue weighted by molar-refractivity contribution is -0.139. The number of esters is 1. The standard InChI is InChI=1S/C17H18N4O4S2/c1-3-25-15(22)13-12(8-26-17-21-18-9-27-17)19-16(23)20-14(13)10-4-6-11(24-2)7-5-10/h4-7,9,14H,3,8H2,1-2H3,(H2,19,20,23)/t14-/m0/s1. The summed E-state index contributed by atoms with van der Waals surface area (Å²) in [4.78, 5) is 24.9. The molecule has 0 bridgehead atoms. The van der Waals surface area contributed by atoms with Gasteiger partial charge in [-0.05, 0) is 24.6 Å². The minimum Gasteiger partial charge on any atom is -0.497 e. The lowest BCUT2D eigenvalue weighted by atomic mass is 9.95. The third-order valence-corrected chi connectivity index (χ3v) is 5.66. The van der Waals surface area contributed by atoms with Crippen LogP contribution in [0.1, 0.15) is 18.5 Å². The monoisotopic (exact) mass is 406 g/mol. The van der Waals surface area contributed by atoms with Crippen LogP contribution in [-0.4, -0.2) is 41.7 Å². The van der Waals surface area contributed by atoms with E-state index in [1.165, 1.54) is 23.1 Å². The Balaban J connectivity index is 1.96. The molecule has 0 spiro atoms. The number of rotatable bonds is 7. The summed E-state index contributed by atoms with van der Waals surface area (Å²) in [6, 6.07) is 6.18. The zero-order valence-electron chi connectivity index (χ0n) is 14.7. The summed E-state index contributed by atoms with van der Waals surface area (Å²) in [5.74, 6) is 0.579. The van der Waals surface area contributed by atoms with Gasteiger partial charge in [0.15, 0.2) is 4.34 Å². The first kappa shape index (κ1) is 19.2. The van der Waals surface area contributed by atoms with Gasteiger partial charge < -0.3 is 20.1 Å². The maximum atomic E-state index is 12.7. The molecule has 10 heteroatoms. The summed E-state index contributed by atoms with van der Waals surface area (Å²) in [5.41, 5.74) is 3.26. The van der Waals surface area contributed by atoms with E-state index >= 15 is 0 Å². The summed E-state index contributed by atoms with van der Waals surface area (Å²) >= 11 is 2.79. The predicted octanol–water partition coefficient (Wildman–Crippen LogP) is 2.51. The van der Waals surface area contributed by atoms with Gasteiger partial charge in [-0.1, -0.05) is 35.2 Å². The summed E-state index contributed by atoms with van der Waals surface area (Å²) in [5, 5.41) is 13.3. The number of carbonyl (C=O) groups excluding carboxylic acids is 2. The Morgan fingerprint density at radius 3 is 2.74 bits per heavy atom. The van der Waals surface area contributed by atoms with Gasteiger partial charge in [0.25, 0.3) is 0 Å². The molecule has 0 unspecified atom stereocenters. The molecule has 1 aliphatic rings. The SMILES string of the molecule is CCOC(=O)C1=C(CSc2nncs2)NC(=O)N[C@H]1c1ccc(OC)cc1. The van der Waals surface area contributed by atoms with Gasteiger partial charge in [-0.25, -0.2) is 9.59 Å². The predicted molar refractivity (Wildman–Crippen MR) is 102 cm³/mol. The first-order valence-electron chi connectivity index (χ1n) is 8.13. The molecule has 142 valence electrons. The molecular weight excluding hydrogens is 388 g/mol. The number of amides is 2. The Morgan fingerprint density at radius 1 is 1.33 bits per heavy atom. The second-order valence-electron chi connectivity index (χ2n) is 5.41. The minimum atomic E-state index is -0.617. The van der Waals surface area contributed by atoms with E-state index in [4.69, 9.17) is 9.47 Å². The van der Waals surface area contributed by atoms with E-state index in [2.05, 4.69) is 20.8 Å². The molecule has 2 N–H and O–H groups in total. The molecule has 0 radical (unpaired) electrons. The number of methoxy groups -OCH3 is 1. The Kier molecular flexibility index (Phi) is 6.30. The van der Waals surface area contributed by atoms with Gasteiger partial charge in [-0.3, -0.25) is 0 Å². The Morgan fingerprint density at radius 2 is 2.11 bits per heavy atom. The van der Waals surface area contributed by atoms with Crippen LogP contribution < -0.4 is 15.4 Å². The molecule has 0 fully saturated rings. The summed E-state index contributed by atoms with van der Waals surface area (Å²) in [6.07, 6.45) is 0. The van der Waals surface area contributed by atoms with Crippen molar-refractivity contribution in [2.24, 2.45) is 0 Å². The maximum Gasteiger partial charge on any atom is 0.338 e. The van der Waals surface area contributed by atoms with Gasteiger partial charge in [0.1, 0.15) is 11.3 Å². The van der Waals surface area contributed by atoms with Crippen LogP contribution in [0.4, 0.5) is 4.79 Å². The Labute approximate surface area is 164 Å². The van der Waals surface area contributed by atoms with Crippen LogP contribution >= 0.6 is 23.1 Å². The fourth-order valence-electron chi connectivity index (χ4n) is 2.59. The van der Waals surface area contributed by atoms with Gasteiger partial charge in [0, 0.05) is 11.4 Å². The molecule has 8 nitrogen and oxygen atoms in total. The maximum absolute atomic E-state index is 12.7. The fourth-order valence-corrected chi connectivity index (χ4v) is 4.04. The van der Waals surface area contributed by atoms with Crippen LogP contribution in [0.15, 0.2) is 45.4 Å². The number of hydrogen-bond acceptors (Lipinski definition) is 8. The number of urea groups is 1. The van der Waals surface area contributed by atoms with Crippen molar-refractivity contribution in [1.29, 1.82) is 0 Å². The van der Waals surface area contributed by atoms with E-state index < -0.39 is 12.0 Å². The van der Waals surface area contributed by atoms with E-state index in [0.717, 1.165) is 9.90 Å². The third-order valence-electron chi connectivity index (χ3n) is 3.78. The minimum absolute atomic E-state index is 0.239. The van der Waals surface area contributed by atoms with E-state index in [1.807, 2.05) is 12.1 Å². The van der Waals surface area contributed by atoms with Gasteiger partial charge >= 0.3 is 12.0 Å². The van der Waals surface area contributed by atoms with Crippen molar-refractivity contribution in [3.05, 3.63) is 46.6 Å². The second kappa shape index (κ2) is 8.87. The van der Waals surface area contributed by atoms with Gasteiger partial charge in [0.2, 0.25) is 0 Å². The van der Waals surface area contributed by atoms with Gasteiger partial charge in [-0.2, -0.15) is 0 Å². The van der Waals surface area contributed by atoms with Gasteiger partial charge in [-0.15, -0.1) is 10.2 Å². The first-order valence-corrected chi connectivity index (χ1v) is 9.99. The number of nitrogens with one attached hydrogen (secondary N) is 2. The highest BCUT2D eigenvalue weighted by Crippen LogP contribution is 2.31. The summed E-state index contributed by atoms with van der Waals surface area (Å²) < 4.78 is 11.2. The van der Waals surface area contributed by atoms with E-state index in [1.54, 1.807) is 31.7 Å². The molecule has 2 amide bonds. The molecule has 2 heterocycles. The highest BCUT2D eigenvalue weighted by molar-refractivity contribution is 8.01. The van der Waals surface area contributed by atoms with Crippen molar-refractivity contribution >= 4 is 35.1 Å². The number of nitrogens with zero attached hydrogens (tertiary/aromatic N) is 2. The molecule has 1 atom stereocenters. The molecule has 2 aromatic rings. The quantitative estimate of drug-likeness (QED) is 0.538. The molecular formula is C17H18N4O4S2. The molecule has 1 aromatic heterocycles. The van der Waals surface area contributed by atoms with Crippen molar-refractivity contribution in [3.8, 4) is 5.75 Å². The largest absolute Gasteiger partial charge is 0.497 e. The van der Waals surface area contributed by atoms with E-state index in [-0.39, 0.29) is 12.6 Å². The molecule has 1 aliphatic heterocycles. The van der Waals surface area contributed by atoms with Crippen molar-refractivity contribution in [1.82, 2.24) is 20.8 Å². The van der Waals surface area contributed by atoms with Crippen LogP contribution in [0, 0.1) is 0 Å². The lowest BCUT2D eigenvalue weighted by Gasteiger charge is -2.29. The Hall–Kier alpha value is -2.59. The van der Waals surface area contributed by atoms with Crippen LogP contribution in [0.2, 0.25) is 0 Å². The van der Waals surface area contributed by atoms with Crippen LogP contribution in [0.3, 0.4) is 0 Å². The van der Waals surface area contributed by atoms with Crippen molar-refractivity contribution in [2.75, 3.05) is 19.5 Å². The zero-order valence-corrected chi connectivity index (χ0v) is 16.4. The molecule has 0 saturated heterocycles. The number of benzene rings is 1. The number of thioether (sulfide) groups is 1. The second-order valence-corrected chi connectivity index (χ2v) is 7.47. The third kappa shape index (κ3) is 4.58. The molecule has 0 aliphatic carbocycles. The van der Waals surface area contributed by atoms with E-state index in [9.17, 15) is 9.59 Å². The summed E-state index contributed by atoms with van der Waals surface area (Å²) in [7, 11) is 1.58. The lowest BCUT2D eigenvalue weighted by Crippen LogP contribution is -2.46. The smallest absolute Gasteiger partial charge is 0.338 e. The van der Waals surface area contributed by atoms with E-state index in [0.29, 0.717) is 22.8 Å². The number of ether oxygens (including phenoxy) is 2. The topological polar surface area (TPSA) is 102 Å². The number of carbonyl (C=O) groups is 2. The van der Waals surface area contributed by atoms with Crippen molar-refractivity contribution in [3.63, 3.8) is 0 Å². The molecule has 0 saturated carbocycles. The first-order chi connectivity index (χ1) is 13.1. The number of hydrogen-bond donors (Lipinski definition) is 2. The molecule has 3 rings (SSSR count). The molecule has 1 aromatic carbocycles. The molecule has 27 heavy (non-hydrogen) atoms. The highest BCUT2D eigenvalue weighted by atomic mass is 32.2. The van der Waals surface area contributed by atoms with Crippen LogP contribution in [-0.2, 0) is 9.53 Å². The van der Waals surface area contributed by atoms with Crippen molar-refractivity contribution in [2.45, 2.75) is 17.3 Å². The van der Waals surface area contributed by atoms with Crippen molar-refractivity contribution < 1.29 is 19.1 Å². The normalized spacial score (nSPS) is 16.5. The highest BCUT2D eigenvalue weighted by Gasteiger charge is 2.33. The fraction of sp³-hybridized carbons (Fsp3) is 0.294.